The lowest BCUT2D eigenvalue weighted by Gasteiger charge is -2.29. The molecule has 0 aromatic heterocycles. The van der Waals surface area contributed by atoms with Gasteiger partial charge in [-0.1, -0.05) is 58.1 Å². The summed E-state index contributed by atoms with van der Waals surface area (Å²) in [6.07, 6.45) is 9.21. The Balaban J connectivity index is 2.05. The largest absolute Gasteiger partial charge is 0.506 e. The summed E-state index contributed by atoms with van der Waals surface area (Å²) >= 11 is 0. The van der Waals surface area contributed by atoms with Gasteiger partial charge in [-0.2, -0.15) is 0 Å². The minimum Gasteiger partial charge on any atom is -0.457 e. The Bertz CT molecular complexity index is 849. The van der Waals surface area contributed by atoms with Crippen molar-refractivity contribution in [2.45, 2.75) is 116 Å². The highest BCUT2D eigenvalue weighted by Crippen LogP contribution is 2.36. The standard InChI is InChI=1S/C29H46O8/c1-7-23(31)21(5)27-24(35-27)16-18(2)10-8-11-19(3)26-20(4)12-9-14-29(6,37-28(33)34)15-13-22(30)17-25(32)36-26/h8-12,18,20-24,26-27,30-31H,7,13-17H2,1-6H3,(H,33,34)/b10-8+,12-9+,19-11+. The summed E-state index contributed by atoms with van der Waals surface area (Å²) in [4.78, 5) is 23.7. The van der Waals surface area contributed by atoms with Crippen molar-refractivity contribution in [3.8, 4) is 0 Å². The van der Waals surface area contributed by atoms with E-state index in [2.05, 4.69) is 13.0 Å². The zero-order chi connectivity index (χ0) is 27.8. The average Bonchev–Trinajstić information content (AvgIpc) is 3.57. The summed E-state index contributed by atoms with van der Waals surface area (Å²) < 4.78 is 16.7. The Morgan fingerprint density at radius 2 is 2.05 bits per heavy atom. The van der Waals surface area contributed by atoms with Crippen molar-refractivity contribution in [3.05, 3.63) is 36.0 Å². The molecule has 0 amide bonds. The van der Waals surface area contributed by atoms with Crippen molar-refractivity contribution in [3.63, 3.8) is 0 Å². The fraction of sp³-hybridized carbons (Fsp3) is 0.724. The molecule has 9 unspecified atom stereocenters. The van der Waals surface area contributed by atoms with Gasteiger partial charge in [0.25, 0.3) is 0 Å². The number of carboxylic acid groups (broad SMARTS) is 1. The number of hydrogen-bond acceptors (Lipinski definition) is 7. The number of hydrogen-bond donors (Lipinski definition) is 3. The number of carbonyl (C=O) groups excluding carboxylic acids is 1. The fourth-order valence-corrected chi connectivity index (χ4v) is 4.95. The Labute approximate surface area is 221 Å². The maximum atomic E-state index is 12.6. The number of epoxide rings is 1. The summed E-state index contributed by atoms with van der Waals surface area (Å²) in [5, 5.41) is 29.5. The highest BCUT2D eigenvalue weighted by molar-refractivity contribution is 5.70. The second-order valence-corrected chi connectivity index (χ2v) is 11.1. The van der Waals surface area contributed by atoms with Crippen LogP contribution in [0.5, 0.6) is 0 Å². The van der Waals surface area contributed by atoms with E-state index in [0.29, 0.717) is 12.8 Å². The normalized spacial score (nSPS) is 35.0. The van der Waals surface area contributed by atoms with Crippen LogP contribution in [0.4, 0.5) is 4.79 Å². The Kier molecular flexibility index (Phi) is 11.9. The van der Waals surface area contributed by atoms with Crippen molar-refractivity contribution in [2.24, 2.45) is 17.8 Å². The lowest BCUT2D eigenvalue weighted by atomic mass is 9.90. The predicted molar refractivity (Wildman–Crippen MR) is 141 cm³/mol. The molecule has 8 nitrogen and oxygen atoms in total. The van der Waals surface area contributed by atoms with Crippen molar-refractivity contribution < 1.29 is 39.1 Å². The Hall–Kier alpha value is -2.16. The summed E-state index contributed by atoms with van der Waals surface area (Å²) in [6, 6.07) is 0. The number of cyclic esters (lactones) is 1. The van der Waals surface area contributed by atoms with Crippen LogP contribution < -0.4 is 0 Å². The number of allylic oxidation sites excluding steroid dienone is 3. The minimum atomic E-state index is -1.36. The molecule has 210 valence electrons. The van der Waals surface area contributed by atoms with Gasteiger partial charge in [0.05, 0.1) is 30.8 Å². The molecule has 8 heteroatoms. The summed E-state index contributed by atoms with van der Waals surface area (Å²) in [5.74, 6) is -0.248. The lowest BCUT2D eigenvalue weighted by Crippen LogP contribution is -2.33. The van der Waals surface area contributed by atoms with Crippen LogP contribution in [0.1, 0.15) is 80.1 Å². The molecule has 0 saturated carbocycles. The second-order valence-electron chi connectivity index (χ2n) is 11.1. The smallest absolute Gasteiger partial charge is 0.457 e. The van der Waals surface area contributed by atoms with Gasteiger partial charge in [-0.3, -0.25) is 4.79 Å². The predicted octanol–water partition coefficient (Wildman–Crippen LogP) is 5.18. The first-order valence-corrected chi connectivity index (χ1v) is 13.5. The Morgan fingerprint density at radius 3 is 2.70 bits per heavy atom. The van der Waals surface area contributed by atoms with Crippen LogP contribution in [0.15, 0.2) is 36.0 Å². The first-order chi connectivity index (χ1) is 17.3. The van der Waals surface area contributed by atoms with Gasteiger partial charge in [-0.15, -0.1) is 0 Å². The molecule has 1 fully saturated rings. The fourth-order valence-electron chi connectivity index (χ4n) is 4.95. The van der Waals surface area contributed by atoms with Gasteiger partial charge in [-0.05, 0) is 51.0 Å². The molecule has 0 radical (unpaired) electrons. The molecule has 1 saturated heterocycles. The molecular formula is C29H46O8. The average molecular weight is 523 g/mol. The summed E-state index contributed by atoms with van der Waals surface area (Å²) in [7, 11) is 0. The van der Waals surface area contributed by atoms with Crippen molar-refractivity contribution in [1.82, 2.24) is 0 Å². The monoisotopic (exact) mass is 522 g/mol. The molecule has 37 heavy (non-hydrogen) atoms. The van der Waals surface area contributed by atoms with Gasteiger partial charge >= 0.3 is 12.1 Å². The van der Waals surface area contributed by atoms with Gasteiger partial charge in [-0.25, -0.2) is 4.79 Å². The van der Waals surface area contributed by atoms with E-state index in [9.17, 15) is 19.8 Å². The van der Waals surface area contributed by atoms with E-state index >= 15 is 0 Å². The third kappa shape index (κ3) is 10.3. The zero-order valence-corrected chi connectivity index (χ0v) is 23.1. The van der Waals surface area contributed by atoms with E-state index < -0.39 is 29.9 Å². The molecule has 0 spiro atoms. The molecule has 2 aliphatic heterocycles. The topological polar surface area (TPSA) is 126 Å². The lowest BCUT2D eigenvalue weighted by molar-refractivity contribution is -0.151. The van der Waals surface area contributed by atoms with E-state index in [1.807, 2.05) is 52.0 Å². The van der Waals surface area contributed by atoms with Crippen LogP contribution >= 0.6 is 0 Å². The van der Waals surface area contributed by atoms with E-state index in [-0.39, 0.29) is 48.9 Å². The SMILES string of the molecule is CCC(O)C(C)C1OC1CC(C)/C=C/C=C(\C)C1OC(=O)CC(O)CCC(C)(OC(=O)O)C/C=C/C1C. The number of ether oxygens (including phenoxy) is 3. The molecule has 2 rings (SSSR count). The van der Waals surface area contributed by atoms with Crippen LogP contribution in [0.3, 0.4) is 0 Å². The van der Waals surface area contributed by atoms with E-state index in [1.54, 1.807) is 6.92 Å². The first kappa shape index (κ1) is 31.1. The molecule has 2 aliphatic rings. The summed E-state index contributed by atoms with van der Waals surface area (Å²) in [6.45, 7) is 11.7. The molecular weight excluding hydrogens is 476 g/mol. The van der Waals surface area contributed by atoms with Crippen LogP contribution in [0.2, 0.25) is 0 Å². The third-order valence-corrected chi connectivity index (χ3v) is 7.48. The van der Waals surface area contributed by atoms with Crippen LogP contribution in [-0.2, 0) is 19.0 Å². The molecule has 0 aliphatic carbocycles. The highest BCUT2D eigenvalue weighted by Gasteiger charge is 2.44. The summed E-state index contributed by atoms with van der Waals surface area (Å²) in [5.41, 5.74) is -0.118. The van der Waals surface area contributed by atoms with Crippen LogP contribution in [0, 0.1) is 17.8 Å². The number of aliphatic hydroxyl groups excluding tert-OH is 2. The number of esters is 1. The molecule has 0 aromatic rings. The third-order valence-electron chi connectivity index (χ3n) is 7.48. The van der Waals surface area contributed by atoms with Gasteiger partial charge < -0.3 is 29.5 Å². The second kappa shape index (κ2) is 14.1. The quantitative estimate of drug-likeness (QED) is 0.164. The number of rotatable bonds is 9. The van der Waals surface area contributed by atoms with Crippen LogP contribution in [0.25, 0.3) is 0 Å². The molecule has 9 atom stereocenters. The van der Waals surface area contributed by atoms with Gasteiger partial charge in [0.2, 0.25) is 0 Å². The Morgan fingerprint density at radius 1 is 1.35 bits per heavy atom. The van der Waals surface area contributed by atoms with Crippen molar-refractivity contribution in [1.29, 1.82) is 0 Å². The molecule has 0 bridgehead atoms. The maximum Gasteiger partial charge on any atom is 0.506 e. The van der Waals surface area contributed by atoms with Crippen molar-refractivity contribution >= 4 is 12.1 Å². The van der Waals surface area contributed by atoms with E-state index in [4.69, 9.17) is 19.3 Å². The van der Waals surface area contributed by atoms with Gasteiger partial charge in [0.1, 0.15) is 11.7 Å². The van der Waals surface area contributed by atoms with Crippen LogP contribution in [-0.4, -0.2) is 63.6 Å². The van der Waals surface area contributed by atoms with E-state index in [0.717, 1.165) is 18.4 Å². The molecule has 3 N–H and O–H groups in total. The van der Waals surface area contributed by atoms with Gasteiger partial charge in [0.15, 0.2) is 0 Å². The number of carbonyl (C=O) groups is 2. The maximum absolute atomic E-state index is 12.6. The zero-order valence-electron chi connectivity index (χ0n) is 23.1. The minimum absolute atomic E-state index is 0.115. The van der Waals surface area contributed by atoms with E-state index in [1.165, 1.54) is 0 Å². The highest BCUT2D eigenvalue weighted by atomic mass is 16.7. The molecule has 0 aromatic carbocycles. The first-order valence-electron chi connectivity index (χ1n) is 13.5. The molecule has 2 heterocycles. The number of aliphatic hydroxyl groups is 2. The van der Waals surface area contributed by atoms with Crippen molar-refractivity contribution in [2.75, 3.05) is 0 Å². The van der Waals surface area contributed by atoms with Gasteiger partial charge in [0, 0.05) is 18.3 Å².